The minimum absolute atomic E-state index is 0.0161. The number of aromatic nitrogens is 1. The number of fused-ring (bicyclic) bond motifs is 1. The first kappa shape index (κ1) is 23.8. The van der Waals surface area contributed by atoms with Crippen molar-refractivity contribution in [3.63, 3.8) is 0 Å². The number of nitrogens with zero attached hydrogens (tertiary/aromatic N) is 4. The molecule has 3 rings (SSSR count). The third kappa shape index (κ3) is 4.64. The zero-order valence-electron chi connectivity index (χ0n) is 17.9. The summed E-state index contributed by atoms with van der Waals surface area (Å²) < 4.78 is 0.511. The minimum atomic E-state index is -1.17. The molecule has 0 aliphatic carbocycles. The average Bonchev–Trinajstić information content (AvgIpc) is 3.14. The van der Waals surface area contributed by atoms with E-state index in [1.807, 2.05) is 14.1 Å². The molecule has 2 atom stereocenters. The Balaban J connectivity index is 1.80. The number of thiazole rings is 1. The van der Waals surface area contributed by atoms with Crippen LogP contribution in [0.15, 0.2) is 34.5 Å². The Hall–Kier alpha value is -2.90. The molecule has 172 valence electrons. The Morgan fingerprint density at radius 1 is 1.53 bits per heavy atom. The van der Waals surface area contributed by atoms with Gasteiger partial charge in [0, 0.05) is 16.7 Å². The lowest BCUT2D eigenvalue weighted by atomic mass is 10.0. The van der Waals surface area contributed by atoms with Gasteiger partial charge in [-0.1, -0.05) is 11.7 Å². The van der Waals surface area contributed by atoms with Crippen molar-refractivity contribution in [2.24, 2.45) is 5.16 Å². The maximum absolute atomic E-state index is 12.9. The molecule has 4 N–H and O–H groups in total. The lowest BCUT2D eigenvalue weighted by Crippen LogP contribution is -2.71. The van der Waals surface area contributed by atoms with E-state index in [2.05, 4.69) is 22.0 Å². The molecule has 0 aromatic carbocycles. The Morgan fingerprint density at radius 3 is 2.81 bits per heavy atom. The van der Waals surface area contributed by atoms with Gasteiger partial charge in [-0.3, -0.25) is 14.5 Å². The number of nitrogens with one attached hydrogen (secondary N) is 1. The zero-order chi connectivity index (χ0) is 23.6. The van der Waals surface area contributed by atoms with Crippen molar-refractivity contribution in [3.05, 3.63) is 35.0 Å². The lowest BCUT2D eigenvalue weighted by molar-refractivity contribution is -0.879. The number of quaternary nitrogens is 1. The van der Waals surface area contributed by atoms with E-state index in [1.54, 1.807) is 11.5 Å². The van der Waals surface area contributed by atoms with Crippen LogP contribution in [0.5, 0.6) is 0 Å². The van der Waals surface area contributed by atoms with E-state index in [0.29, 0.717) is 28.9 Å². The number of oxime groups is 1. The fourth-order valence-electron chi connectivity index (χ4n) is 3.64. The number of carboxylic acid groups (broad SMARTS) is 1. The second-order valence-corrected chi connectivity index (χ2v) is 9.87. The van der Waals surface area contributed by atoms with Crippen LogP contribution in [0.2, 0.25) is 0 Å². The number of nitrogens with two attached hydrogens (primary N) is 1. The molecule has 2 aliphatic heterocycles. The molecule has 1 aromatic heterocycles. The van der Waals surface area contributed by atoms with Crippen molar-refractivity contribution in [1.29, 1.82) is 0 Å². The number of nitrogen functional groups attached to an aromatic ring is 1. The number of aliphatic carboxylic acids is 1. The molecular weight excluding hydrogens is 456 g/mol. The van der Waals surface area contributed by atoms with Gasteiger partial charge in [-0.2, -0.15) is 0 Å². The molecule has 2 amide bonds. The van der Waals surface area contributed by atoms with Crippen LogP contribution >= 0.6 is 23.1 Å². The van der Waals surface area contributed by atoms with Crippen molar-refractivity contribution in [2.75, 3.05) is 45.8 Å². The Bertz CT molecular complexity index is 1020. The summed E-state index contributed by atoms with van der Waals surface area (Å²) >= 11 is 2.55. The van der Waals surface area contributed by atoms with E-state index in [9.17, 15) is 19.5 Å². The summed E-state index contributed by atoms with van der Waals surface area (Å²) in [5, 5.41) is 17.4. The number of anilines is 1. The standard InChI is InChI=1S/C19H24N6O5S2/c1-5-6-25(2,3)7-10-8-31-17-13(16(27)24(17)14(10)18(28)29)22-15(26)12(23-30-4)11-9-32-19(20)21-11/h5,9,13,17H,1,6-8H2,2-4H3,(H3-,20,21,22,26,28,29)/p+1/b23-12-. The van der Waals surface area contributed by atoms with Gasteiger partial charge < -0.3 is 25.5 Å². The van der Waals surface area contributed by atoms with Gasteiger partial charge >= 0.3 is 5.97 Å². The largest absolute Gasteiger partial charge is 0.477 e. The van der Waals surface area contributed by atoms with Crippen LogP contribution in [0.1, 0.15) is 5.69 Å². The van der Waals surface area contributed by atoms with Crippen LogP contribution in [0.25, 0.3) is 0 Å². The fraction of sp³-hybridized carbons (Fsp3) is 0.421. The van der Waals surface area contributed by atoms with Crippen molar-refractivity contribution >= 4 is 51.7 Å². The first-order valence-electron chi connectivity index (χ1n) is 9.56. The van der Waals surface area contributed by atoms with E-state index >= 15 is 0 Å². The molecule has 3 heterocycles. The number of amides is 2. The van der Waals surface area contributed by atoms with E-state index in [-0.39, 0.29) is 22.2 Å². The SMILES string of the molecule is C=CC[N+](C)(C)CC1=C(C(=O)O)N2C(=O)C(NC(=O)/C(=N\OC)c3csc(N)n3)C2SC1. The van der Waals surface area contributed by atoms with Crippen LogP contribution < -0.4 is 11.1 Å². The van der Waals surface area contributed by atoms with Crippen molar-refractivity contribution < 1.29 is 28.8 Å². The number of thioether (sulfide) groups is 1. The summed E-state index contributed by atoms with van der Waals surface area (Å²) in [5.41, 5.74) is 6.39. The summed E-state index contributed by atoms with van der Waals surface area (Å²) in [6.07, 6.45) is 1.77. The number of hydrogen-bond donors (Lipinski definition) is 3. The van der Waals surface area contributed by atoms with Gasteiger partial charge in [0.05, 0.1) is 20.6 Å². The molecule has 1 aromatic rings. The van der Waals surface area contributed by atoms with Gasteiger partial charge in [0.15, 0.2) is 10.8 Å². The predicted octanol–water partition coefficient (Wildman–Crippen LogP) is 0.0768. The number of β-lactam (4-membered cyclic amide) rings is 1. The molecule has 0 bridgehead atoms. The molecule has 0 spiro atoms. The first-order chi connectivity index (χ1) is 15.1. The number of carbonyl (C=O) groups excluding carboxylic acids is 2. The molecule has 2 unspecified atom stereocenters. The molecule has 0 saturated carbocycles. The maximum Gasteiger partial charge on any atom is 0.352 e. The molecular formula is C19H25N6O5S2+. The summed E-state index contributed by atoms with van der Waals surface area (Å²) in [4.78, 5) is 47.7. The molecule has 1 saturated heterocycles. The van der Waals surface area contributed by atoms with Crippen molar-refractivity contribution in [2.45, 2.75) is 11.4 Å². The summed E-state index contributed by atoms with van der Waals surface area (Å²) in [6, 6.07) is -0.892. The van der Waals surface area contributed by atoms with Crippen molar-refractivity contribution in [3.8, 4) is 0 Å². The summed E-state index contributed by atoms with van der Waals surface area (Å²) in [5.74, 6) is -1.88. The van der Waals surface area contributed by atoms with Gasteiger partial charge in [0.2, 0.25) is 0 Å². The highest BCUT2D eigenvalue weighted by Gasteiger charge is 2.55. The van der Waals surface area contributed by atoms with E-state index in [0.717, 1.165) is 11.3 Å². The van der Waals surface area contributed by atoms with Crippen LogP contribution in [0.4, 0.5) is 5.13 Å². The normalized spacial score (nSPS) is 21.0. The van der Waals surface area contributed by atoms with Gasteiger partial charge in [0.1, 0.15) is 36.5 Å². The van der Waals surface area contributed by atoms with Gasteiger partial charge in [-0.25, -0.2) is 9.78 Å². The smallest absolute Gasteiger partial charge is 0.352 e. The summed E-state index contributed by atoms with van der Waals surface area (Å²) in [6.45, 7) is 4.86. The lowest BCUT2D eigenvalue weighted by Gasteiger charge is -2.49. The van der Waals surface area contributed by atoms with Gasteiger partial charge in [-0.05, 0) is 6.08 Å². The number of likely N-dealkylation sites (N-methyl/N-ethyl adjacent to an activating group) is 1. The molecule has 11 nitrogen and oxygen atoms in total. The number of carbonyl (C=O) groups is 3. The fourth-order valence-corrected chi connectivity index (χ4v) is 5.52. The molecule has 2 aliphatic rings. The zero-order valence-corrected chi connectivity index (χ0v) is 19.5. The predicted molar refractivity (Wildman–Crippen MR) is 122 cm³/mol. The minimum Gasteiger partial charge on any atom is -0.477 e. The Kier molecular flexibility index (Phi) is 6.91. The number of rotatable bonds is 9. The highest BCUT2D eigenvalue weighted by molar-refractivity contribution is 8.00. The molecule has 13 heteroatoms. The molecule has 0 radical (unpaired) electrons. The highest BCUT2D eigenvalue weighted by atomic mass is 32.2. The Morgan fingerprint density at radius 2 is 2.25 bits per heavy atom. The van der Waals surface area contributed by atoms with E-state index in [1.165, 1.54) is 23.8 Å². The average molecular weight is 482 g/mol. The van der Waals surface area contributed by atoms with Crippen LogP contribution in [-0.2, 0) is 19.2 Å². The van der Waals surface area contributed by atoms with E-state index in [4.69, 9.17) is 10.6 Å². The first-order valence-corrected chi connectivity index (χ1v) is 11.5. The van der Waals surface area contributed by atoms with Crippen LogP contribution in [-0.4, -0.2) is 94.4 Å². The summed E-state index contributed by atoms with van der Waals surface area (Å²) in [7, 11) is 5.22. The maximum atomic E-state index is 12.9. The monoisotopic (exact) mass is 481 g/mol. The third-order valence-corrected chi connectivity index (χ3v) is 6.95. The quantitative estimate of drug-likeness (QED) is 0.148. The third-order valence-electron chi connectivity index (χ3n) is 4.94. The highest BCUT2D eigenvalue weighted by Crippen LogP contribution is 2.40. The van der Waals surface area contributed by atoms with Crippen LogP contribution in [0.3, 0.4) is 0 Å². The molecule has 1 fully saturated rings. The Labute approximate surface area is 193 Å². The molecule has 32 heavy (non-hydrogen) atoms. The topological polar surface area (TPSA) is 147 Å². The number of carboxylic acids is 1. The van der Waals surface area contributed by atoms with Gasteiger partial charge in [0.25, 0.3) is 11.8 Å². The van der Waals surface area contributed by atoms with E-state index < -0.39 is 29.2 Å². The second kappa shape index (κ2) is 9.30. The van der Waals surface area contributed by atoms with Gasteiger partial charge in [-0.15, -0.1) is 23.1 Å². The second-order valence-electron chi connectivity index (χ2n) is 7.88. The van der Waals surface area contributed by atoms with Crippen molar-refractivity contribution in [1.82, 2.24) is 15.2 Å². The van der Waals surface area contributed by atoms with Crippen LogP contribution in [0, 0.1) is 0 Å². The number of hydrogen-bond acceptors (Lipinski definition) is 9.